The number of nitrogens with one attached hydrogen (secondary N) is 1. The van der Waals surface area contributed by atoms with Gasteiger partial charge < -0.3 is 20.4 Å². The number of hydrogen-bond acceptors (Lipinski definition) is 4. The topological polar surface area (TPSA) is 55.7 Å². The van der Waals surface area contributed by atoms with Gasteiger partial charge in [0, 0.05) is 24.2 Å². The van der Waals surface area contributed by atoms with E-state index in [-0.39, 0.29) is 17.5 Å². The van der Waals surface area contributed by atoms with Crippen molar-refractivity contribution in [3.63, 3.8) is 0 Å². The van der Waals surface area contributed by atoms with E-state index in [2.05, 4.69) is 17.1 Å². The average Bonchev–Trinajstić information content (AvgIpc) is 2.20. The van der Waals surface area contributed by atoms with E-state index in [0.717, 1.165) is 12.1 Å². The zero-order valence-corrected chi connectivity index (χ0v) is 10.9. The summed E-state index contributed by atoms with van der Waals surface area (Å²) in [6.07, 6.45) is 0. The lowest BCUT2D eigenvalue weighted by Gasteiger charge is -2.23. The van der Waals surface area contributed by atoms with Crippen LogP contribution in [0.5, 0.6) is 11.5 Å². The van der Waals surface area contributed by atoms with E-state index in [1.165, 1.54) is 12.1 Å². The molecule has 0 aromatic heterocycles. The molecule has 3 N–H and O–H groups in total. The maximum atomic E-state index is 9.74. The minimum Gasteiger partial charge on any atom is -0.508 e. The third-order valence-electron chi connectivity index (χ3n) is 2.65. The van der Waals surface area contributed by atoms with Crippen LogP contribution < -0.4 is 5.32 Å². The Morgan fingerprint density at radius 3 is 2.47 bits per heavy atom. The second kappa shape index (κ2) is 5.89. The van der Waals surface area contributed by atoms with E-state index >= 15 is 0 Å². The van der Waals surface area contributed by atoms with Gasteiger partial charge in [0.1, 0.15) is 11.5 Å². The molecule has 0 radical (unpaired) electrons. The van der Waals surface area contributed by atoms with E-state index in [0.29, 0.717) is 6.04 Å². The van der Waals surface area contributed by atoms with Crippen LogP contribution in [0.2, 0.25) is 0 Å². The van der Waals surface area contributed by atoms with Crippen LogP contribution >= 0.6 is 0 Å². The van der Waals surface area contributed by atoms with Crippen LogP contribution in [0.25, 0.3) is 0 Å². The lowest BCUT2D eigenvalue weighted by molar-refractivity contribution is 0.331. The molecule has 0 saturated heterocycles. The number of nitrogens with zero attached hydrogens (tertiary/aromatic N) is 1. The maximum absolute atomic E-state index is 9.74. The van der Waals surface area contributed by atoms with Crippen molar-refractivity contribution in [2.24, 2.45) is 0 Å². The SMILES string of the molecule is CC(CN(C)C)NC(C)c1cc(O)ccc1O. The highest BCUT2D eigenvalue weighted by molar-refractivity contribution is 5.40. The number of phenols is 2. The highest BCUT2D eigenvalue weighted by atomic mass is 16.3. The molecular weight excluding hydrogens is 216 g/mol. The third kappa shape index (κ3) is 4.24. The van der Waals surface area contributed by atoms with Crippen LogP contribution in [-0.4, -0.2) is 41.8 Å². The molecule has 4 heteroatoms. The van der Waals surface area contributed by atoms with Crippen LogP contribution in [0.15, 0.2) is 18.2 Å². The van der Waals surface area contributed by atoms with Gasteiger partial charge >= 0.3 is 0 Å². The molecule has 0 saturated carbocycles. The summed E-state index contributed by atoms with van der Waals surface area (Å²) in [5.41, 5.74) is 0.718. The summed E-state index contributed by atoms with van der Waals surface area (Å²) in [6, 6.07) is 4.89. The fourth-order valence-electron chi connectivity index (χ4n) is 2.01. The minimum atomic E-state index is -0.00273. The van der Waals surface area contributed by atoms with Crippen LogP contribution in [-0.2, 0) is 0 Å². The van der Waals surface area contributed by atoms with E-state index in [4.69, 9.17) is 0 Å². The van der Waals surface area contributed by atoms with Gasteiger partial charge in [-0.3, -0.25) is 0 Å². The van der Waals surface area contributed by atoms with Gasteiger partial charge in [0.15, 0.2) is 0 Å². The van der Waals surface area contributed by atoms with Crippen LogP contribution in [0, 0.1) is 0 Å². The van der Waals surface area contributed by atoms with Gasteiger partial charge in [-0.15, -0.1) is 0 Å². The lowest BCUT2D eigenvalue weighted by atomic mass is 10.1. The number of benzene rings is 1. The molecule has 0 fully saturated rings. The second-order valence-electron chi connectivity index (χ2n) is 4.79. The Kier molecular flexibility index (Phi) is 4.78. The lowest BCUT2D eigenvalue weighted by Crippen LogP contribution is -2.37. The van der Waals surface area contributed by atoms with Gasteiger partial charge in [0.05, 0.1) is 0 Å². The Hall–Kier alpha value is -1.26. The molecule has 0 aliphatic carbocycles. The Balaban J connectivity index is 2.69. The molecule has 0 aliphatic rings. The van der Waals surface area contributed by atoms with Crippen molar-refractivity contribution < 1.29 is 10.2 Å². The molecule has 96 valence electrons. The smallest absolute Gasteiger partial charge is 0.120 e. The van der Waals surface area contributed by atoms with E-state index in [1.807, 2.05) is 21.0 Å². The van der Waals surface area contributed by atoms with Gasteiger partial charge in [-0.25, -0.2) is 0 Å². The van der Waals surface area contributed by atoms with Crippen molar-refractivity contribution in [1.29, 1.82) is 0 Å². The van der Waals surface area contributed by atoms with Crippen molar-refractivity contribution in [3.05, 3.63) is 23.8 Å². The molecule has 4 nitrogen and oxygen atoms in total. The fraction of sp³-hybridized carbons (Fsp3) is 0.538. The zero-order valence-electron chi connectivity index (χ0n) is 10.9. The van der Waals surface area contributed by atoms with E-state index in [9.17, 15) is 10.2 Å². The third-order valence-corrected chi connectivity index (χ3v) is 2.65. The first-order valence-corrected chi connectivity index (χ1v) is 5.82. The monoisotopic (exact) mass is 238 g/mol. The highest BCUT2D eigenvalue weighted by Crippen LogP contribution is 2.27. The van der Waals surface area contributed by atoms with Crippen LogP contribution in [0.4, 0.5) is 0 Å². The van der Waals surface area contributed by atoms with Crippen molar-refractivity contribution >= 4 is 0 Å². The molecule has 1 aromatic rings. The van der Waals surface area contributed by atoms with Gasteiger partial charge in [0.25, 0.3) is 0 Å². The molecule has 17 heavy (non-hydrogen) atoms. The first kappa shape index (κ1) is 13.8. The number of aromatic hydroxyl groups is 2. The Labute approximate surface area is 103 Å². The summed E-state index contributed by atoms with van der Waals surface area (Å²) in [5, 5.41) is 22.5. The van der Waals surface area contributed by atoms with Crippen LogP contribution in [0.3, 0.4) is 0 Å². The molecule has 2 atom stereocenters. The standard InChI is InChI=1S/C13H22N2O2/c1-9(8-15(3)4)14-10(2)12-7-11(16)5-6-13(12)17/h5-7,9-10,14,16-17H,8H2,1-4H3. The highest BCUT2D eigenvalue weighted by Gasteiger charge is 2.14. The predicted octanol–water partition coefficient (Wildman–Crippen LogP) is 1.70. The molecule has 1 aromatic carbocycles. The largest absolute Gasteiger partial charge is 0.508 e. The van der Waals surface area contributed by atoms with Crippen molar-refractivity contribution in [3.8, 4) is 11.5 Å². The molecular formula is C13H22N2O2. The van der Waals surface area contributed by atoms with E-state index < -0.39 is 0 Å². The van der Waals surface area contributed by atoms with Crippen molar-refractivity contribution in [2.75, 3.05) is 20.6 Å². The first-order valence-electron chi connectivity index (χ1n) is 5.82. The number of phenolic OH excluding ortho intramolecular Hbond substituents is 2. The predicted molar refractivity (Wildman–Crippen MR) is 69.3 cm³/mol. The summed E-state index contributed by atoms with van der Waals surface area (Å²) < 4.78 is 0. The van der Waals surface area contributed by atoms with Gasteiger partial charge in [-0.2, -0.15) is 0 Å². The van der Waals surface area contributed by atoms with Gasteiger partial charge in [0.2, 0.25) is 0 Å². The number of hydrogen-bond donors (Lipinski definition) is 3. The normalized spacial score (nSPS) is 14.9. The Morgan fingerprint density at radius 2 is 1.88 bits per heavy atom. The fourth-order valence-corrected chi connectivity index (χ4v) is 2.01. The first-order chi connectivity index (χ1) is 7.90. The molecule has 0 amide bonds. The molecule has 0 heterocycles. The van der Waals surface area contributed by atoms with Gasteiger partial charge in [-0.05, 0) is 46.1 Å². The van der Waals surface area contributed by atoms with Crippen molar-refractivity contribution in [2.45, 2.75) is 25.9 Å². The quantitative estimate of drug-likeness (QED) is 0.683. The van der Waals surface area contributed by atoms with Crippen molar-refractivity contribution in [1.82, 2.24) is 10.2 Å². The minimum absolute atomic E-state index is 0.00273. The molecule has 0 bridgehead atoms. The second-order valence-corrected chi connectivity index (χ2v) is 4.79. The summed E-state index contributed by atoms with van der Waals surface area (Å²) in [4.78, 5) is 2.10. The zero-order chi connectivity index (χ0) is 13.0. The summed E-state index contributed by atoms with van der Waals surface area (Å²) in [6.45, 7) is 4.99. The van der Waals surface area contributed by atoms with Gasteiger partial charge in [-0.1, -0.05) is 0 Å². The Bertz CT molecular complexity index is 366. The maximum Gasteiger partial charge on any atom is 0.120 e. The summed E-state index contributed by atoms with van der Waals surface area (Å²) >= 11 is 0. The van der Waals surface area contributed by atoms with E-state index in [1.54, 1.807) is 6.07 Å². The summed E-state index contributed by atoms with van der Waals surface area (Å²) in [7, 11) is 4.04. The van der Waals surface area contributed by atoms with Crippen LogP contribution in [0.1, 0.15) is 25.5 Å². The molecule has 2 unspecified atom stereocenters. The number of likely N-dealkylation sites (N-methyl/N-ethyl adjacent to an activating group) is 1. The molecule has 0 spiro atoms. The number of rotatable bonds is 5. The molecule has 1 rings (SSSR count). The summed E-state index contributed by atoms with van der Waals surface area (Å²) in [5.74, 6) is 0.381. The molecule has 0 aliphatic heterocycles. The Morgan fingerprint density at radius 1 is 1.24 bits per heavy atom. The average molecular weight is 238 g/mol.